The second-order valence-corrected chi connectivity index (χ2v) is 5.43. The Morgan fingerprint density at radius 2 is 1.95 bits per heavy atom. The number of methoxy groups -OCH3 is 1. The van der Waals surface area contributed by atoms with Crippen LogP contribution in [0, 0.1) is 23.7 Å². The molecule has 0 amide bonds. The van der Waals surface area contributed by atoms with Gasteiger partial charge in [0.1, 0.15) is 5.60 Å². The number of allylic oxidation sites excluding steroid dienone is 2. The van der Waals surface area contributed by atoms with Gasteiger partial charge < -0.3 is 4.74 Å². The van der Waals surface area contributed by atoms with E-state index in [0.29, 0.717) is 11.8 Å². The Balaban J connectivity index is 1.92. The zero-order chi connectivity index (χ0) is 13.5. The quantitative estimate of drug-likeness (QED) is 0.692. The number of fused-ring (bicyclic) bond motifs is 1. The Kier molecular flexibility index (Phi) is 2.84. The molecule has 96 valence electrons. The maximum absolute atomic E-state index is 5.76. The van der Waals surface area contributed by atoms with E-state index in [1.807, 2.05) is 30.3 Å². The lowest BCUT2D eigenvalue weighted by molar-refractivity contribution is 0.111. The molecule has 0 bridgehead atoms. The molecule has 19 heavy (non-hydrogen) atoms. The minimum absolute atomic E-state index is 0.294. The van der Waals surface area contributed by atoms with Gasteiger partial charge in [0.05, 0.1) is 0 Å². The van der Waals surface area contributed by atoms with Crippen molar-refractivity contribution < 1.29 is 4.74 Å². The van der Waals surface area contributed by atoms with Gasteiger partial charge in [-0.05, 0) is 31.6 Å². The van der Waals surface area contributed by atoms with E-state index in [0.717, 1.165) is 5.56 Å². The smallest absolute Gasteiger partial charge is 0.143 e. The summed E-state index contributed by atoms with van der Waals surface area (Å²) in [7, 11) is 1.77. The Hall–Kier alpha value is -1.78. The maximum atomic E-state index is 5.76. The molecule has 0 aliphatic heterocycles. The van der Waals surface area contributed by atoms with Gasteiger partial charge in [0.15, 0.2) is 0 Å². The summed E-state index contributed by atoms with van der Waals surface area (Å²) in [5, 5.41) is 0. The second kappa shape index (κ2) is 4.40. The van der Waals surface area contributed by atoms with Gasteiger partial charge in [-0.1, -0.05) is 47.8 Å². The van der Waals surface area contributed by atoms with Gasteiger partial charge in [-0.25, -0.2) is 0 Å². The van der Waals surface area contributed by atoms with Crippen molar-refractivity contribution in [3.8, 4) is 11.8 Å². The van der Waals surface area contributed by atoms with E-state index in [4.69, 9.17) is 4.74 Å². The molecule has 0 aromatic heterocycles. The number of hydrogen-bond donors (Lipinski definition) is 0. The maximum Gasteiger partial charge on any atom is 0.143 e. The molecule has 0 spiro atoms. The standard InChI is InChI=1S/C18H18O/c1-13(2)15-9-10-16-17(15)18(16,19-3)12-11-14-7-5-4-6-8-14/h4-10,16-17H,1-3H3/t16-,17+,18+/m0/s1. The SMILES string of the molecule is CO[C@@]1(C#Cc2ccccc2)[C@@H]2C(=C(C)C)C=C[C@@H]21. The first-order valence-electron chi connectivity index (χ1n) is 6.68. The first-order valence-corrected chi connectivity index (χ1v) is 6.68. The lowest BCUT2D eigenvalue weighted by atomic mass is 10.0. The molecule has 1 fully saturated rings. The highest BCUT2D eigenvalue weighted by Crippen LogP contribution is 2.61. The summed E-state index contributed by atoms with van der Waals surface area (Å²) < 4.78 is 5.76. The number of benzene rings is 1. The Labute approximate surface area is 115 Å². The van der Waals surface area contributed by atoms with E-state index < -0.39 is 0 Å². The average molecular weight is 250 g/mol. The van der Waals surface area contributed by atoms with Crippen molar-refractivity contribution in [2.24, 2.45) is 11.8 Å². The van der Waals surface area contributed by atoms with Crippen LogP contribution in [0.3, 0.4) is 0 Å². The summed E-state index contributed by atoms with van der Waals surface area (Å²) in [6, 6.07) is 10.1. The molecule has 1 heteroatoms. The molecule has 3 rings (SSSR count). The number of ether oxygens (including phenoxy) is 1. The summed E-state index contributed by atoms with van der Waals surface area (Å²) in [5.74, 6) is 7.48. The van der Waals surface area contributed by atoms with Crippen molar-refractivity contribution in [3.05, 3.63) is 59.2 Å². The van der Waals surface area contributed by atoms with Crippen LogP contribution in [-0.4, -0.2) is 12.7 Å². The zero-order valence-corrected chi connectivity index (χ0v) is 11.6. The van der Waals surface area contributed by atoms with Crippen molar-refractivity contribution in [2.45, 2.75) is 19.4 Å². The van der Waals surface area contributed by atoms with Crippen LogP contribution in [0.2, 0.25) is 0 Å². The van der Waals surface area contributed by atoms with E-state index in [1.54, 1.807) is 7.11 Å². The summed E-state index contributed by atoms with van der Waals surface area (Å²) in [5.41, 5.74) is 3.52. The van der Waals surface area contributed by atoms with Gasteiger partial charge in [-0.15, -0.1) is 0 Å². The fourth-order valence-electron chi connectivity index (χ4n) is 3.02. The van der Waals surface area contributed by atoms with E-state index in [1.165, 1.54) is 11.1 Å². The fourth-order valence-corrected chi connectivity index (χ4v) is 3.02. The van der Waals surface area contributed by atoms with Crippen LogP contribution in [0.25, 0.3) is 0 Å². The van der Waals surface area contributed by atoms with Crippen LogP contribution in [0.1, 0.15) is 19.4 Å². The fraction of sp³-hybridized carbons (Fsp3) is 0.333. The molecular weight excluding hydrogens is 232 g/mol. The molecule has 1 saturated carbocycles. The van der Waals surface area contributed by atoms with Crippen molar-refractivity contribution in [1.29, 1.82) is 0 Å². The Bertz CT molecular complexity index is 608. The lowest BCUT2D eigenvalue weighted by Crippen LogP contribution is -2.16. The predicted octanol–water partition coefficient (Wildman–Crippen LogP) is 3.58. The molecule has 3 atom stereocenters. The lowest BCUT2D eigenvalue weighted by Gasteiger charge is -2.12. The molecule has 1 aromatic carbocycles. The van der Waals surface area contributed by atoms with Crippen molar-refractivity contribution in [3.63, 3.8) is 0 Å². The Morgan fingerprint density at radius 1 is 1.21 bits per heavy atom. The van der Waals surface area contributed by atoms with Crippen LogP contribution in [0.5, 0.6) is 0 Å². The molecule has 0 saturated heterocycles. The molecule has 2 aliphatic carbocycles. The molecule has 0 N–H and O–H groups in total. The molecule has 0 heterocycles. The summed E-state index contributed by atoms with van der Waals surface area (Å²) in [6.45, 7) is 4.32. The third-order valence-electron chi connectivity index (χ3n) is 4.12. The Morgan fingerprint density at radius 3 is 2.58 bits per heavy atom. The number of hydrogen-bond acceptors (Lipinski definition) is 1. The normalized spacial score (nSPS) is 30.6. The molecule has 1 aromatic rings. The van der Waals surface area contributed by atoms with E-state index in [-0.39, 0.29) is 5.60 Å². The third kappa shape index (κ3) is 1.84. The van der Waals surface area contributed by atoms with Gasteiger partial charge >= 0.3 is 0 Å². The van der Waals surface area contributed by atoms with Crippen LogP contribution in [0.15, 0.2) is 53.6 Å². The van der Waals surface area contributed by atoms with Crippen LogP contribution < -0.4 is 0 Å². The van der Waals surface area contributed by atoms with Crippen LogP contribution >= 0.6 is 0 Å². The third-order valence-corrected chi connectivity index (χ3v) is 4.12. The molecule has 1 nitrogen and oxygen atoms in total. The number of rotatable bonds is 1. The second-order valence-electron chi connectivity index (χ2n) is 5.43. The first-order chi connectivity index (χ1) is 9.19. The zero-order valence-electron chi connectivity index (χ0n) is 11.6. The molecule has 0 radical (unpaired) electrons. The predicted molar refractivity (Wildman–Crippen MR) is 77.6 cm³/mol. The van der Waals surface area contributed by atoms with E-state index in [2.05, 4.69) is 37.8 Å². The summed E-state index contributed by atoms with van der Waals surface area (Å²) in [4.78, 5) is 0. The van der Waals surface area contributed by atoms with Crippen molar-refractivity contribution >= 4 is 0 Å². The van der Waals surface area contributed by atoms with Gasteiger partial charge in [-0.3, -0.25) is 0 Å². The van der Waals surface area contributed by atoms with Crippen LogP contribution in [-0.2, 0) is 4.74 Å². The van der Waals surface area contributed by atoms with Gasteiger partial charge in [0.25, 0.3) is 0 Å². The molecular formula is C18H18O. The highest BCUT2D eigenvalue weighted by Gasteiger charge is 2.67. The van der Waals surface area contributed by atoms with Gasteiger partial charge in [0.2, 0.25) is 0 Å². The molecule has 2 aliphatic rings. The summed E-state index contributed by atoms with van der Waals surface area (Å²) in [6.07, 6.45) is 4.47. The highest BCUT2D eigenvalue weighted by atomic mass is 16.5. The largest absolute Gasteiger partial charge is 0.364 e. The minimum Gasteiger partial charge on any atom is -0.364 e. The van der Waals surface area contributed by atoms with Gasteiger partial charge in [0, 0.05) is 24.5 Å². The van der Waals surface area contributed by atoms with E-state index >= 15 is 0 Å². The van der Waals surface area contributed by atoms with Crippen LogP contribution in [0.4, 0.5) is 0 Å². The van der Waals surface area contributed by atoms with E-state index in [9.17, 15) is 0 Å². The minimum atomic E-state index is -0.294. The monoisotopic (exact) mass is 250 g/mol. The summed E-state index contributed by atoms with van der Waals surface area (Å²) >= 11 is 0. The average Bonchev–Trinajstić information content (AvgIpc) is 2.82. The van der Waals surface area contributed by atoms with Crippen molar-refractivity contribution in [1.82, 2.24) is 0 Å². The first kappa shape index (κ1) is 12.3. The highest BCUT2D eigenvalue weighted by molar-refractivity contribution is 5.54. The molecule has 0 unspecified atom stereocenters. The van der Waals surface area contributed by atoms with Gasteiger partial charge in [-0.2, -0.15) is 0 Å². The topological polar surface area (TPSA) is 9.23 Å². The van der Waals surface area contributed by atoms with Crippen molar-refractivity contribution in [2.75, 3.05) is 7.11 Å².